The first-order valence-electron chi connectivity index (χ1n) is 10.7. The molecule has 1 atom stereocenters. The predicted molar refractivity (Wildman–Crippen MR) is 119 cm³/mol. The number of thiazole rings is 1. The fourth-order valence-electron chi connectivity index (χ4n) is 5.03. The summed E-state index contributed by atoms with van der Waals surface area (Å²) in [6.07, 6.45) is 3.36. The number of Topliss-reactive ketones (excluding diaryl/α,β-unsaturated/α-hetero) is 1. The lowest BCUT2D eigenvalue weighted by Gasteiger charge is -2.31. The number of para-hydroxylation sites is 1. The molecular weight excluding hydrogens is 394 g/mol. The van der Waals surface area contributed by atoms with Crippen LogP contribution in [0.15, 0.2) is 24.3 Å². The second kappa shape index (κ2) is 7.05. The normalized spacial score (nSPS) is 21.1. The number of hydrogen-bond acceptors (Lipinski definition) is 4. The van der Waals surface area contributed by atoms with Crippen LogP contribution < -0.4 is 0 Å². The molecule has 2 aromatic heterocycles. The zero-order valence-corrected chi connectivity index (χ0v) is 18.6. The van der Waals surface area contributed by atoms with Crippen LogP contribution >= 0.6 is 11.3 Å². The van der Waals surface area contributed by atoms with Gasteiger partial charge >= 0.3 is 0 Å². The Kier molecular flexibility index (Phi) is 4.58. The number of benzene rings is 1. The minimum Gasteiger partial charge on any atom is -0.354 e. The summed E-state index contributed by atoms with van der Waals surface area (Å²) in [5.74, 6) is 0.434. The van der Waals surface area contributed by atoms with Crippen molar-refractivity contribution in [2.45, 2.75) is 52.4 Å². The Labute approximate surface area is 180 Å². The van der Waals surface area contributed by atoms with E-state index in [-0.39, 0.29) is 23.0 Å². The van der Waals surface area contributed by atoms with Gasteiger partial charge in [0.15, 0.2) is 5.78 Å². The maximum absolute atomic E-state index is 13.4. The highest BCUT2D eigenvalue weighted by Gasteiger charge is 2.36. The molecule has 1 saturated heterocycles. The van der Waals surface area contributed by atoms with Crippen molar-refractivity contribution in [3.8, 4) is 0 Å². The van der Waals surface area contributed by atoms with Crippen LogP contribution in [0.2, 0.25) is 0 Å². The third-order valence-corrected chi connectivity index (χ3v) is 7.68. The number of amides is 1. The minimum atomic E-state index is -0.0647. The van der Waals surface area contributed by atoms with Crippen LogP contribution in [0.4, 0.5) is 0 Å². The number of carbonyl (C=O) groups excluding carboxylic acids is 2. The van der Waals surface area contributed by atoms with Crippen molar-refractivity contribution in [1.82, 2.24) is 14.9 Å². The fraction of sp³-hybridized carbons (Fsp3) is 0.458. The lowest BCUT2D eigenvalue weighted by atomic mass is 9.75. The molecule has 0 radical (unpaired) electrons. The number of aromatic nitrogens is 2. The summed E-state index contributed by atoms with van der Waals surface area (Å²) in [4.78, 5) is 36.2. The van der Waals surface area contributed by atoms with Crippen molar-refractivity contribution in [3.63, 3.8) is 0 Å². The maximum atomic E-state index is 13.4. The fourth-order valence-corrected chi connectivity index (χ4v) is 6.13. The Bertz CT molecular complexity index is 1120. The lowest BCUT2D eigenvalue weighted by molar-refractivity contribution is 0.0700. The molecule has 1 fully saturated rings. The highest BCUT2D eigenvalue weighted by atomic mass is 32.1. The molecule has 1 N–H and O–H groups in total. The molecule has 0 spiro atoms. The number of piperidine rings is 1. The number of fused-ring (bicyclic) bond motifs is 2. The molecule has 6 heteroatoms. The molecule has 0 saturated carbocycles. The van der Waals surface area contributed by atoms with Gasteiger partial charge in [-0.1, -0.05) is 26.0 Å². The molecule has 2 aliphatic rings. The number of H-pyrrole nitrogens is 1. The number of likely N-dealkylation sites (tertiary alicyclic amines) is 1. The van der Waals surface area contributed by atoms with Crippen LogP contribution in [0.25, 0.3) is 10.2 Å². The first kappa shape index (κ1) is 19.5. The van der Waals surface area contributed by atoms with Crippen LogP contribution in [0.1, 0.15) is 76.1 Å². The highest BCUT2D eigenvalue weighted by molar-refractivity contribution is 7.18. The summed E-state index contributed by atoms with van der Waals surface area (Å²) in [6.45, 7) is 7.56. The summed E-state index contributed by atoms with van der Waals surface area (Å²) in [7, 11) is 0. The van der Waals surface area contributed by atoms with Crippen molar-refractivity contribution in [2.24, 2.45) is 5.41 Å². The van der Waals surface area contributed by atoms with Crippen LogP contribution in [-0.4, -0.2) is 39.6 Å². The second-order valence-corrected chi connectivity index (χ2v) is 10.6. The van der Waals surface area contributed by atoms with Crippen molar-refractivity contribution < 1.29 is 9.59 Å². The van der Waals surface area contributed by atoms with Gasteiger partial charge in [-0.3, -0.25) is 9.59 Å². The van der Waals surface area contributed by atoms with Gasteiger partial charge in [0.2, 0.25) is 0 Å². The van der Waals surface area contributed by atoms with E-state index in [0.717, 1.165) is 53.2 Å². The lowest BCUT2D eigenvalue weighted by Crippen LogP contribution is -2.39. The summed E-state index contributed by atoms with van der Waals surface area (Å²) < 4.78 is 1.20. The maximum Gasteiger partial charge on any atom is 0.270 e. The van der Waals surface area contributed by atoms with Gasteiger partial charge in [0.1, 0.15) is 5.69 Å². The third-order valence-electron chi connectivity index (χ3n) is 6.48. The Balaban J connectivity index is 1.41. The van der Waals surface area contributed by atoms with Crippen molar-refractivity contribution in [1.29, 1.82) is 0 Å². The van der Waals surface area contributed by atoms with Crippen molar-refractivity contribution in [2.75, 3.05) is 13.1 Å². The number of ketones is 1. The molecule has 5 rings (SSSR count). The Morgan fingerprint density at radius 3 is 2.87 bits per heavy atom. The standard InChI is InChI=1S/C24H27N3O2S/c1-14-20-17(11-24(2,3)12-18(20)28)25-21(14)23(29)27-10-6-7-15(13-27)22-26-16-8-4-5-9-19(16)30-22/h4-5,8-9,15,25H,6-7,10-13H2,1-3H3/t15-/m0/s1. The van der Waals surface area contributed by atoms with Gasteiger partial charge in [-0.05, 0) is 49.3 Å². The summed E-state index contributed by atoms with van der Waals surface area (Å²) in [5, 5.41) is 1.12. The van der Waals surface area contributed by atoms with E-state index in [9.17, 15) is 9.59 Å². The molecule has 5 nitrogen and oxygen atoms in total. The van der Waals surface area contributed by atoms with Gasteiger partial charge in [0, 0.05) is 36.7 Å². The third kappa shape index (κ3) is 3.27. The smallest absolute Gasteiger partial charge is 0.270 e. The SMILES string of the molecule is Cc1c(C(=O)N2CCC[C@H](c3nc4ccccc4s3)C2)[nH]c2c1C(=O)CC(C)(C)C2. The van der Waals surface area contributed by atoms with Crippen LogP contribution in [0, 0.1) is 12.3 Å². The second-order valence-electron chi connectivity index (χ2n) is 9.53. The molecule has 1 aromatic carbocycles. The van der Waals surface area contributed by atoms with Crippen LogP contribution in [-0.2, 0) is 6.42 Å². The summed E-state index contributed by atoms with van der Waals surface area (Å²) in [6, 6.07) is 8.21. The summed E-state index contributed by atoms with van der Waals surface area (Å²) >= 11 is 1.74. The number of rotatable bonds is 2. The van der Waals surface area contributed by atoms with E-state index in [1.54, 1.807) is 11.3 Å². The first-order valence-corrected chi connectivity index (χ1v) is 11.5. The van der Waals surface area contributed by atoms with E-state index < -0.39 is 0 Å². The monoisotopic (exact) mass is 421 g/mol. The van der Waals surface area contributed by atoms with E-state index in [1.165, 1.54) is 4.70 Å². The van der Waals surface area contributed by atoms with Gasteiger partial charge in [-0.15, -0.1) is 11.3 Å². The number of aromatic amines is 1. The molecule has 1 aliphatic carbocycles. The summed E-state index contributed by atoms with van der Waals surface area (Å²) in [5.41, 5.74) is 4.06. The average molecular weight is 422 g/mol. The number of nitrogens with zero attached hydrogens (tertiary/aromatic N) is 2. The number of nitrogens with one attached hydrogen (secondary N) is 1. The zero-order valence-electron chi connectivity index (χ0n) is 17.7. The van der Waals surface area contributed by atoms with E-state index in [1.807, 2.05) is 30.0 Å². The molecular formula is C24H27N3O2S. The van der Waals surface area contributed by atoms with E-state index in [2.05, 4.69) is 24.9 Å². The van der Waals surface area contributed by atoms with Crippen LogP contribution in [0.5, 0.6) is 0 Å². The predicted octanol–water partition coefficient (Wildman–Crippen LogP) is 5.11. The molecule has 1 amide bonds. The molecule has 3 aromatic rings. The van der Waals surface area contributed by atoms with Crippen LogP contribution in [0.3, 0.4) is 0 Å². The Morgan fingerprint density at radius 2 is 2.07 bits per heavy atom. The van der Waals surface area contributed by atoms with Gasteiger partial charge in [-0.2, -0.15) is 0 Å². The molecule has 30 heavy (non-hydrogen) atoms. The van der Waals surface area contributed by atoms with Crippen molar-refractivity contribution >= 4 is 33.2 Å². The van der Waals surface area contributed by atoms with Gasteiger partial charge in [-0.25, -0.2) is 4.98 Å². The first-order chi connectivity index (χ1) is 14.3. The van der Waals surface area contributed by atoms with Gasteiger partial charge in [0.05, 0.1) is 15.2 Å². The molecule has 156 valence electrons. The molecule has 1 aliphatic heterocycles. The average Bonchev–Trinajstić information content (AvgIpc) is 3.28. The topological polar surface area (TPSA) is 66.1 Å². The molecule has 0 bridgehead atoms. The van der Waals surface area contributed by atoms with Gasteiger partial charge < -0.3 is 9.88 Å². The Morgan fingerprint density at radius 1 is 1.27 bits per heavy atom. The molecule has 3 heterocycles. The minimum absolute atomic E-state index is 0.0123. The highest BCUT2D eigenvalue weighted by Crippen LogP contribution is 2.38. The van der Waals surface area contributed by atoms with Crippen molar-refractivity contribution in [3.05, 3.63) is 51.8 Å². The van der Waals surface area contributed by atoms with E-state index in [0.29, 0.717) is 18.7 Å². The van der Waals surface area contributed by atoms with E-state index in [4.69, 9.17) is 4.98 Å². The number of hydrogen-bond donors (Lipinski definition) is 1. The van der Waals surface area contributed by atoms with Gasteiger partial charge in [0.25, 0.3) is 5.91 Å². The number of carbonyl (C=O) groups is 2. The zero-order chi connectivity index (χ0) is 21.0. The Hall–Kier alpha value is -2.47. The quantitative estimate of drug-likeness (QED) is 0.625. The molecule has 0 unspecified atom stereocenters. The van der Waals surface area contributed by atoms with E-state index >= 15 is 0 Å². The largest absolute Gasteiger partial charge is 0.354 e.